The molecule has 2 aromatic carbocycles. The van der Waals surface area contributed by atoms with Gasteiger partial charge in [0.25, 0.3) is 0 Å². The van der Waals surface area contributed by atoms with Crippen molar-refractivity contribution in [3.8, 4) is 11.8 Å². The normalized spacial score (nSPS) is 10.7. The summed E-state index contributed by atoms with van der Waals surface area (Å²) >= 11 is 9.40. The van der Waals surface area contributed by atoms with Gasteiger partial charge < -0.3 is 0 Å². The van der Waals surface area contributed by atoms with E-state index in [1.165, 1.54) is 0 Å². The topological polar surface area (TPSA) is 41.6 Å². The van der Waals surface area contributed by atoms with Crippen molar-refractivity contribution >= 4 is 38.6 Å². The predicted molar refractivity (Wildman–Crippen MR) is 87.9 cm³/mol. The van der Waals surface area contributed by atoms with Gasteiger partial charge in [-0.2, -0.15) is 5.26 Å². The van der Waals surface area contributed by atoms with Gasteiger partial charge in [0.1, 0.15) is 5.82 Å². The maximum atomic E-state index is 8.91. The smallest absolute Gasteiger partial charge is 0.115 e. The lowest BCUT2D eigenvalue weighted by atomic mass is 10.2. The van der Waals surface area contributed by atoms with Crippen molar-refractivity contribution in [3.63, 3.8) is 0 Å². The van der Waals surface area contributed by atoms with Crippen molar-refractivity contribution in [1.82, 2.24) is 9.55 Å². The maximum absolute atomic E-state index is 8.91. The van der Waals surface area contributed by atoms with Crippen LogP contribution >= 0.6 is 27.5 Å². The van der Waals surface area contributed by atoms with E-state index in [0.717, 1.165) is 27.0 Å². The standard InChI is InChI=1S/C16H11BrClN3/c17-12-3-6-14-15(9-12)21(16(20-14)7-8-18)13-4-1-11(10-19)2-5-13/h1-6,9H,7-8H2. The SMILES string of the molecule is N#Cc1ccc(-n2c(CCCl)nc3ccc(Br)cc32)cc1. The van der Waals surface area contributed by atoms with Crippen LogP contribution in [0.2, 0.25) is 0 Å². The highest BCUT2D eigenvalue weighted by Gasteiger charge is 2.12. The Morgan fingerprint density at radius 2 is 1.95 bits per heavy atom. The van der Waals surface area contributed by atoms with Crippen LogP contribution in [-0.4, -0.2) is 15.4 Å². The summed E-state index contributed by atoms with van der Waals surface area (Å²) in [7, 11) is 0. The number of aryl methyl sites for hydroxylation is 1. The molecule has 0 saturated carbocycles. The van der Waals surface area contributed by atoms with Crippen LogP contribution in [0, 0.1) is 11.3 Å². The van der Waals surface area contributed by atoms with Crippen LogP contribution in [0.25, 0.3) is 16.7 Å². The Balaban J connectivity index is 2.24. The van der Waals surface area contributed by atoms with Crippen molar-refractivity contribution in [2.75, 3.05) is 5.88 Å². The van der Waals surface area contributed by atoms with Crippen LogP contribution in [-0.2, 0) is 6.42 Å². The molecule has 0 bridgehead atoms. The summed E-state index contributed by atoms with van der Waals surface area (Å²) in [5, 5.41) is 8.91. The molecule has 0 radical (unpaired) electrons. The first-order chi connectivity index (χ1) is 10.2. The number of aromatic nitrogens is 2. The summed E-state index contributed by atoms with van der Waals surface area (Å²) in [6.07, 6.45) is 0.688. The molecule has 0 aliphatic rings. The molecule has 0 fully saturated rings. The van der Waals surface area contributed by atoms with Gasteiger partial charge in [0, 0.05) is 22.5 Å². The summed E-state index contributed by atoms with van der Waals surface area (Å²) < 4.78 is 3.09. The summed E-state index contributed by atoms with van der Waals surface area (Å²) in [5.41, 5.74) is 3.58. The molecule has 3 aromatic rings. The van der Waals surface area contributed by atoms with E-state index < -0.39 is 0 Å². The molecule has 0 aliphatic carbocycles. The van der Waals surface area contributed by atoms with Crippen LogP contribution in [0.1, 0.15) is 11.4 Å². The van der Waals surface area contributed by atoms with Gasteiger partial charge in [-0.15, -0.1) is 11.6 Å². The van der Waals surface area contributed by atoms with E-state index in [9.17, 15) is 0 Å². The molecule has 0 atom stereocenters. The minimum absolute atomic E-state index is 0.515. The minimum atomic E-state index is 0.515. The summed E-state index contributed by atoms with van der Waals surface area (Å²) in [5.74, 6) is 1.43. The Morgan fingerprint density at radius 1 is 1.19 bits per heavy atom. The molecular formula is C16H11BrClN3. The zero-order chi connectivity index (χ0) is 14.8. The lowest BCUT2D eigenvalue weighted by Gasteiger charge is -2.08. The fourth-order valence-corrected chi connectivity index (χ4v) is 2.84. The quantitative estimate of drug-likeness (QED) is 0.648. The number of hydrogen-bond donors (Lipinski definition) is 0. The van der Waals surface area contributed by atoms with Crippen molar-refractivity contribution < 1.29 is 0 Å². The number of halogens is 2. The number of nitrogens with zero attached hydrogens (tertiary/aromatic N) is 3. The van der Waals surface area contributed by atoms with E-state index in [4.69, 9.17) is 16.9 Å². The third-order valence-corrected chi connectivity index (χ3v) is 3.94. The van der Waals surface area contributed by atoms with Crippen molar-refractivity contribution in [1.29, 1.82) is 5.26 Å². The molecule has 0 unspecified atom stereocenters. The van der Waals surface area contributed by atoms with Gasteiger partial charge in [0.05, 0.1) is 22.7 Å². The largest absolute Gasteiger partial charge is 0.296 e. The fourth-order valence-electron chi connectivity index (χ4n) is 2.32. The van der Waals surface area contributed by atoms with Crippen molar-refractivity contribution in [2.45, 2.75) is 6.42 Å². The molecule has 0 N–H and O–H groups in total. The monoisotopic (exact) mass is 359 g/mol. The van der Waals surface area contributed by atoms with Crippen LogP contribution in [0.5, 0.6) is 0 Å². The Bertz CT molecular complexity index is 831. The van der Waals surface area contributed by atoms with E-state index in [1.54, 1.807) is 0 Å². The van der Waals surface area contributed by atoms with Gasteiger partial charge in [0.15, 0.2) is 0 Å². The first kappa shape index (κ1) is 14.1. The van der Waals surface area contributed by atoms with Crippen molar-refractivity contribution in [2.24, 2.45) is 0 Å². The summed E-state index contributed by atoms with van der Waals surface area (Å²) in [6, 6.07) is 15.6. The maximum Gasteiger partial charge on any atom is 0.115 e. The first-order valence-electron chi connectivity index (χ1n) is 6.46. The van der Waals surface area contributed by atoms with Crippen molar-refractivity contribution in [3.05, 3.63) is 58.3 Å². The number of nitriles is 1. The first-order valence-corrected chi connectivity index (χ1v) is 7.79. The molecule has 0 spiro atoms. The molecule has 5 heteroatoms. The molecule has 21 heavy (non-hydrogen) atoms. The van der Waals surface area contributed by atoms with Crippen LogP contribution in [0.4, 0.5) is 0 Å². The number of benzene rings is 2. The Hall–Kier alpha value is -1.83. The third-order valence-electron chi connectivity index (χ3n) is 3.26. The van der Waals surface area contributed by atoms with E-state index in [-0.39, 0.29) is 0 Å². The van der Waals surface area contributed by atoms with Gasteiger partial charge in [-0.05, 0) is 42.5 Å². The zero-order valence-electron chi connectivity index (χ0n) is 11.1. The van der Waals surface area contributed by atoms with Gasteiger partial charge >= 0.3 is 0 Å². The van der Waals surface area contributed by atoms with E-state index in [1.807, 2.05) is 42.5 Å². The van der Waals surface area contributed by atoms with E-state index in [0.29, 0.717) is 17.9 Å². The van der Waals surface area contributed by atoms with Gasteiger partial charge in [0.2, 0.25) is 0 Å². The second-order valence-electron chi connectivity index (χ2n) is 4.59. The molecule has 0 saturated heterocycles. The van der Waals surface area contributed by atoms with E-state index in [2.05, 4.69) is 31.6 Å². The number of fused-ring (bicyclic) bond motifs is 1. The highest BCUT2D eigenvalue weighted by molar-refractivity contribution is 9.10. The molecular weight excluding hydrogens is 350 g/mol. The Morgan fingerprint density at radius 3 is 2.62 bits per heavy atom. The third kappa shape index (κ3) is 2.67. The molecule has 3 nitrogen and oxygen atoms in total. The lowest BCUT2D eigenvalue weighted by Crippen LogP contribution is -2.02. The average Bonchev–Trinajstić information content (AvgIpc) is 2.85. The highest BCUT2D eigenvalue weighted by Crippen LogP contribution is 2.25. The molecule has 1 aromatic heterocycles. The predicted octanol–water partition coefficient (Wildman–Crippen LogP) is 4.44. The minimum Gasteiger partial charge on any atom is -0.296 e. The molecule has 3 rings (SSSR count). The molecule has 1 heterocycles. The highest BCUT2D eigenvalue weighted by atomic mass is 79.9. The lowest BCUT2D eigenvalue weighted by molar-refractivity contribution is 0.912. The van der Waals surface area contributed by atoms with Crippen LogP contribution < -0.4 is 0 Å². The molecule has 0 amide bonds. The molecule has 0 aliphatic heterocycles. The van der Waals surface area contributed by atoms with Crippen LogP contribution in [0.3, 0.4) is 0 Å². The second kappa shape index (κ2) is 5.88. The van der Waals surface area contributed by atoms with E-state index >= 15 is 0 Å². The summed E-state index contributed by atoms with van der Waals surface area (Å²) in [4.78, 5) is 4.66. The molecule has 104 valence electrons. The van der Waals surface area contributed by atoms with Gasteiger partial charge in [-0.1, -0.05) is 15.9 Å². The Labute approximate surface area is 135 Å². The number of hydrogen-bond acceptors (Lipinski definition) is 2. The van der Waals surface area contributed by atoms with Gasteiger partial charge in [-0.3, -0.25) is 4.57 Å². The Kier molecular flexibility index (Phi) is 3.96. The average molecular weight is 361 g/mol. The number of alkyl halides is 1. The van der Waals surface area contributed by atoms with Gasteiger partial charge in [-0.25, -0.2) is 4.98 Å². The zero-order valence-corrected chi connectivity index (χ0v) is 13.4. The van der Waals surface area contributed by atoms with Crippen LogP contribution in [0.15, 0.2) is 46.9 Å². The summed E-state index contributed by atoms with van der Waals surface area (Å²) in [6.45, 7) is 0. The number of rotatable bonds is 3. The second-order valence-corrected chi connectivity index (χ2v) is 5.89. The number of imidazole rings is 1. The fraction of sp³-hybridized carbons (Fsp3) is 0.125.